The summed E-state index contributed by atoms with van der Waals surface area (Å²) < 4.78 is 24.3. The molecule has 190 valence electrons. The van der Waals surface area contributed by atoms with Crippen molar-refractivity contribution < 1.29 is 23.5 Å². The second-order valence-corrected chi connectivity index (χ2v) is 10.3. The topological polar surface area (TPSA) is 77.5 Å². The minimum Gasteiger partial charge on any atom is -0.462 e. The maximum Gasteiger partial charge on any atom is 0.407 e. The molecule has 0 unspecified atom stereocenters. The monoisotopic (exact) mass is 492 g/mol. The van der Waals surface area contributed by atoms with Gasteiger partial charge in [0.25, 0.3) is 0 Å². The highest BCUT2D eigenvalue weighted by Gasteiger charge is 2.54. The Kier molecular flexibility index (Phi) is 7.08. The predicted octanol–water partition coefficient (Wildman–Crippen LogP) is 5.63. The maximum atomic E-state index is 13.6. The van der Waals surface area contributed by atoms with E-state index in [-0.39, 0.29) is 47.8 Å². The zero-order valence-electron chi connectivity index (χ0n) is 20.7. The van der Waals surface area contributed by atoms with E-state index in [2.05, 4.69) is 16.4 Å². The molecule has 7 atom stereocenters. The Balaban J connectivity index is 1.34. The summed E-state index contributed by atoms with van der Waals surface area (Å²) >= 11 is 0. The Morgan fingerprint density at radius 3 is 2.83 bits per heavy atom. The lowest BCUT2D eigenvalue weighted by Crippen LogP contribution is -2.48. The van der Waals surface area contributed by atoms with Crippen LogP contribution in [0, 0.1) is 35.4 Å². The molecule has 1 N–H and O–H groups in total. The molecule has 3 fully saturated rings. The number of esters is 1. The number of halogens is 1. The van der Waals surface area contributed by atoms with E-state index in [9.17, 15) is 14.0 Å². The van der Waals surface area contributed by atoms with Crippen LogP contribution in [0.2, 0.25) is 0 Å². The van der Waals surface area contributed by atoms with E-state index in [0.29, 0.717) is 18.4 Å². The molecule has 1 saturated heterocycles. The van der Waals surface area contributed by atoms with Crippen LogP contribution in [0.3, 0.4) is 0 Å². The highest BCUT2D eigenvalue weighted by molar-refractivity contribution is 5.75. The average Bonchev–Trinajstić information content (AvgIpc) is 3.15. The van der Waals surface area contributed by atoms with Crippen molar-refractivity contribution in [3.63, 3.8) is 0 Å². The number of ether oxygens (including phenoxy) is 2. The lowest BCUT2D eigenvalue weighted by Gasteiger charge is -2.47. The lowest BCUT2D eigenvalue weighted by atomic mass is 9.57. The summed E-state index contributed by atoms with van der Waals surface area (Å²) in [5.41, 5.74) is 2.48. The van der Waals surface area contributed by atoms with Gasteiger partial charge in [-0.15, -0.1) is 0 Å². The molecule has 6 nitrogen and oxygen atoms in total. The number of cyclic esters (lactones) is 1. The van der Waals surface area contributed by atoms with E-state index >= 15 is 0 Å². The van der Waals surface area contributed by atoms with Gasteiger partial charge in [-0.3, -0.25) is 9.78 Å². The van der Waals surface area contributed by atoms with Gasteiger partial charge in [0.2, 0.25) is 0 Å². The predicted molar refractivity (Wildman–Crippen MR) is 134 cm³/mol. The first-order valence-electron chi connectivity index (χ1n) is 13.0. The Labute approximate surface area is 211 Å². The van der Waals surface area contributed by atoms with E-state index in [0.717, 1.165) is 42.5 Å². The van der Waals surface area contributed by atoms with Gasteiger partial charge in [0, 0.05) is 23.7 Å². The maximum absolute atomic E-state index is 13.6. The fourth-order valence-corrected chi connectivity index (χ4v) is 6.64. The van der Waals surface area contributed by atoms with Crippen LogP contribution in [-0.4, -0.2) is 35.8 Å². The number of aromatic nitrogens is 1. The normalized spacial score (nSPS) is 31.4. The molecule has 1 aromatic heterocycles. The Bertz CT molecular complexity index is 1130. The second-order valence-electron chi connectivity index (χ2n) is 10.3. The Morgan fingerprint density at radius 1 is 1.22 bits per heavy atom. The number of carbonyl (C=O) groups is 2. The van der Waals surface area contributed by atoms with Crippen LogP contribution < -0.4 is 5.32 Å². The molecule has 0 spiro atoms. The van der Waals surface area contributed by atoms with Crippen molar-refractivity contribution in [3.8, 4) is 11.1 Å². The number of pyridine rings is 1. The van der Waals surface area contributed by atoms with Gasteiger partial charge in [-0.2, -0.15) is 0 Å². The summed E-state index contributed by atoms with van der Waals surface area (Å²) in [6.45, 7) is 4.15. The molecule has 1 aliphatic heterocycles. The van der Waals surface area contributed by atoms with Gasteiger partial charge in [0.15, 0.2) is 0 Å². The van der Waals surface area contributed by atoms with E-state index in [1.807, 2.05) is 31.2 Å². The first kappa shape index (κ1) is 24.5. The molecule has 2 aromatic rings. The van der Waals surface area contributed by atoms with Gasteiger partial charge >= 0.3 is 12.1 Å². The van der Waals surface area contributed by atoms with Crippen molar-refractivity contribution in [2.24, 2.45) is 29.6 Å². The van der Waals surface area contributed by atoms with Crippen molar-refractivity contribution in [1.82, 2.24) is 10.3 Å². The van der Waals surface area contributed by atoms with E-state index < -0.39 is 0 Å². The fourth-order valence-electron chi connectivity index (χ4n) is 6.64. The molecule has 36 heavy (non-hydrogen) atoms. The van der Waals surface area contributed by atoms with E-state index in [4.69, 9.17) is 9.47 Å². The number of hydrogen-bond donors (Lipinski definition) is 1. The highest BCUT2D eigenvalue weighted by Crippen LogP contribution is 2.53. The molecule has 5 rings (SSSR count). The van der Waals surface area contributed by atoms with Crippen molar-refractivity contribution in [3.05, 3.63) is 60.2 Å². The standard InChI is InChI=1S/C29H33FN2O4/c1-3-35-29(34)32-23-10-11-24-20(14-23)15-26-27(17(2)36-28(26)33)25(24)12-9-22-8-7-19(16-31-22)18-5-4-6-21(30)13-18/h4-9,12-13,16-17,20,23-27H,3,10-11,14-15H2,1-2H3,(H,32,34)/b12-9+/t17-,20-,23-,24+,25-,26+,27+/m0/s1. The van der Waals surface area contributed by atoms with E-state index in [1.54, 1.807) is 19.2 Å². The molecule has 0 bridgehead atoms. The molecule has 1 amide bonds. The fraction of sp³-hybridized carbons (Fsp3) is 0.483. The lowest BCUT2D eigenvalue weighted by molar-refractivity contribution is -0.144. The van der Waals surface area contributed by atoms with Crippen molar-refractivity contribution in [2.75, 3.05) is 6.61 Å². The molecule has 0 radical (unpaired) electrons. The van der Waals surface area contributed by atoms with Gasteiger partial charge in [-0.1, -0.05) is 24.3 Å². The number of nitrogens with one attached hydrogen (secondary N) is 1. The Morgan fingerprint density at radius 2 is 2.08 bits per heavy atom. The summed E-state index contributed by atoms with van der Waals surface area (Å²) in [6, 6.07) is 10.4. The smallest absolute Gasteiger partial charge is 0.407 e. The quantitative estimate of drug-likeness (QED) is 0.548. The largest absolute Gasteiger partial charge is 0.462 e. The average molecular weight is 493 g/mol. The Hall–Kier alpha value is -3.22. The van der Waals surface area contributed by atoms with Gasteiger partial charge < -0.3 is 14.8 Å². The SMILES string of the molecule is CCOC(=O)N[C@H]1CC[C@@H]2[C@@H](C1)C[C@H]1C(=O)O[C@@H](C)[C@@H]1[C@H]2/C=C/c1ccc(-c2cccc(F)c2)cn1. The molecule has 2 aliphatic carbocycles. The minimum absolute atomic E-state index is 0.0679. The van der Waals surface area contributed by atoms with Gasteiger partial charge in [0.1, 0.15) is 11.9 Å². The number of amides is 1. The van der Waals surface area contributed by atoms with Crippen LogP contribution in [0.5, 0.6) is 0 Å². The van der Waals surface area contributed by atoms with Crippen molar-refractivity contribution in [2.45, 2.75) is 51.7 Å². The first-order chi connectivity index (χ1) is 17.4. The van der Waals surface area contributed by atoms with Crippen LogP contribution in [0.15, 0.2) is 48.7 Å². The second kappa shape index (κ2) is 10.4. The third-order valence-corrected chi connectivity index (χ3v) is 8.18. The number of benzene rings is 1. The molecular formula is C29H33FN2O4. The zero-order chi connectivity index (χ0) is 25.2. The number of carbonyl (C=O) groups excluding carboxylic acids is 2. The third kappa shape index (κ3) is 5.01. The number of nitrogens with zero attached hydrogens (tertiary/aromatic N) is 1. The molecule has 1 aromatic carbocycles. The zero-order valence-corrected chi connectivity index (χ0v) is 20.7. The molecular weight excluding hydrogens is 459 g/mol. The van der Waals surface area contributed by atoms with Crippen LogP contribution in [0.4, 0.5) is 9.18 Å². The number of allylic oxidation sites excluding steroid dienone is 1. The first-order valence-corrected chi connectivity index (χ1v) is 13.0. The molecule has 7 heteroatoms. The molecule has 2 saturated carbocycles. The van der Waals surface area contributed by atoms with Crippen LogP contribution in [0.1, 0.15) is 45.2 Å². The van der Waals surface area contributed by atoms with Crippen LogP contribution >= 0.6 is 0 Å². The third-order valence-electron chi connectivity index (χ3n) is 8.18. The number of fused-ring (bicyclic) bond motifs is 2. The molecule has 2 heterocycles. The summed E-state index contributed by atoms with van der Waals surface area (Å²) in [6.07, 6.45) is 9.07. The van der Waals surface area contributed by atoms with E-state index in [1.165, 1.54) is 12.1 Å². The summed E-state index contributed by atoms with van der Waals surface area (Å²) in [7, 11) is 0. The van der Waals surface area contributed by atoms with Crippen molar-refractivity contribution in [1.29, 1.82) is 0 Å². The van der Waals surface area contributed by atoms with Crippen LogP contribution in [-0.2, 0) is 14.3 Å². The van der Waals surface area contributed by atoms with Crippen molar-refractivity contribution >= 4 is 18.1 Å². The number of hydrogen-bond acceptors (Lipinski definition) is 5. The highest BCUT2D eigenvalue weighted by atomic mass is 19.1. The number of rotatable bonds is 5. The summed E-state index contributed by atoms with van der Waals surface area (Å²) in [4.78, 5) is 29.2. The number of alkyl carbamates (subject to hydrolysis) is 1. The van der Waals surface area contributed by atoms with Gasteiger partial charge in [-0.25, -0.2) is 9.18 Å². The van der Waals surface area contributed by atoms with Gasteiger partial charge in [-0.05, 0) is 87.1 Å². The van der Waals surface area contributed by atoms with Crippen LogP contribution in [0.25, 0.3) is 17.2 Å². The summed E-state index contributed by atoms with van der Waals surface area (Å²) in [5.74, 6) is 0.629. The molecule has 3 aliphatic rings. The summed E-state index contributed by atoms with van der Waals surface area (Å²) in [5, 5.41) is 3.00. The minimum atomic E-state index is -0.368. The van der Waals surface area contributed by atoms with Gasteiger partial charge in [0.05, 0.1) is 18.2 Å².